The molecule has 0 aliphatic carbocycles. The quantitative estimate of drug-likeness (QED) is 0.881. The Balaban J connectivity index is 2.10. The van der Waals surface area contributed by atoms with E-state index in [1.807, 2.05) is 49.5 Å². The van der Waals surface area contributed by atoms with Crippen molar-refractivity contribution in [2.24, 2.45) is 0 Å². The summed E-state index contributed by atoms with van der Waals surface area (Å²) in [5, 5.41) is 3.24. The first-order valence-corrected chi connectivity index (χ1v) is 7.23. The van der Waals surface area contributed by atoms with Crippen LogP contribution in [0.15, 0.2) is 42.6 Å². The fraction of sp³-hybridized carbons (Fsp3) is 0.353. The Bertz CT molecular complexity index is 565. The molecular formula is C17H22FN3. The lowest BCUT2D eigenvalue weighted by molar-refractivity contribution is 0.561. The minimum Gasteiger partial charge on any atom is -0.369 e. The van der Waals surface area contributed by atoms with Gasteiger partial charge in [0.1, 0.15) is 5.82 Å². The van der Waals surface area contributed by atoms with Gasteiger partial charge in [0.15, 0.2) is 0 Å². The first-order chi connectivity index (χ1) is 10.2. The minimum absolute atomic E-state index is 0.171. The molecule has 4 heteroatoms. The summed E-state index contributed by atoms with van der Waals surface area (Å²) in [6.07, 6.45) is 2.84. The third-order valence-electron chi connectivity index (χ3n) is 3.69. The summed E-state index contributed by atoms with van der Waals surface area (Å²) in [5.74, 6) is -0.171. The largest absolute Gasteiger partial charge is 0.369 e. The van der Waals surface area contributed by atoms with Crippen molar-refractivity contribution in [3.63, 3.8) is 0 Å². The third-order valence-corrected chi connectivity index (χ3v) is 3.69. The van der Waals surface area contributed by atoms with Gasteiger partial charge in [0.25, 0.3) is 0 Å². The monoisotopic (exact) mass is 287 g/mol. The highest BCUT2D eigenvalue weighted by Crippen LogP contribution is 2.19. The molecule has 1 atom stereocenters. The lowest BCUT2D eigenvalue weighted by Crippen LogP contribution is -2.19. The Morgan fingerprint density at radius 3 is 2.57 bits per heavy atom. The van der Waals surface area contributed by atoms with E-state index in [2.05, 4.69) is 17.2 Å². The topological polar surface area (TPSA) is 28.2 Å². The number of halogens is 1. The van der Waals surface area contributed by atoms with Crippen LogP contribution >= 0.6 is 0 Å². The molecule has 0 bridgehead atoms. The molecule has 0 fully saturated rings. The number of benzene rings is 1. The molecule has 0 saturated heterocycles. The second kappa shape index (κ2) is 7.18. The fourth-order valence-electron chi connectivity index (χ4n) is 2.36. The van der Waals surface area contributed by atoms with Crippen molar-refractivity contribution in [1.82, 2.24) is 10.3 Å². The maximum absolute atomic E-state index is 13.7. The van der Waals surface area contributed by atoms with Crippen LogP contribution in [0, 0.1) is 5.82 Å². The highest BCUT2D eigenvalue weighted by Gasteiger charge is 2.10. The van der Waals surface area contributed by atoms with E-state index in [1.54, 1.807) is 6.07 Å². The van der Waals surface area contributed by atoms with E-state index >= 15 is 0 Å². The summed E-state index contributed by atoms with van der Waals surface area (Å²) in [6, 6.07) is 11.2. The number of nitrogens with one attached hydrogen (secondary N) is 1. The van der Waals surface area contributed by atoms with Crippen LogP contribution in [0.2, 0.25) is 0 Å². The summed E-state index contributed by atoms with van der Waals surface area (Å²) in [7, 11) is 3.88. The zero-order chi connectivity index (χ0) is 15.2. The molecule has 0 spiro atoms. The van der Waals surface area contributed by atoms with Crippen LogP contribution in [0.1, 0.15) is 30.6 Å². The molecule has 2 aromatic rings. The van der Waals surface area contributed by atoms with Crippen molar-refractivity contribution >= 4 is 5.69 Å². The summed E-state index contributed by atoms with van der Waals surface area (Å²) in [4.78, 5) is 6.50. The van der Waals surface area contributed by atoms with E-state index in [9.17, 15) is 4.39 Å². The first kappa shape index (κ1) is 15.4. The van der Waals surface area contributed by atoms with E-state index < -0.39 is 0 Å². The van der Waals surface area contributed by atoms with Crippen molar-refractivity contribution in [2.45, 2.75) is 25.9 Å². The van der Waals surface area contributed by atoms with Gasteiger partial charge in [-0.1, -0.05) is 25.1 Å². The van der Waals surface area contributed by atoms with E-state index in [-0.39, 0.29) is 11.9 Å². The molecular weight excluding hydrogens is 265 g/mol. The van der Waals surface area contributed by atoms with Crippen molar-refractivity contribution in [3.8, 4) is 0 Å². The second-order valence-electron chi connectivity index (χ2n) is 5.14. The lowest BCUT2D eigenvalue weighted by atomic mass is 10.1. The number of rotatable bonds is 6. The maximum Gasteiger partial charge on any atom is 0.128 e. The van der Waals surface area contributed by atoms with E-state index in [0.29, 0.717) is 12.1 Å². The Labute approximate surface area is 125 Å². The van der Waals surface area contributed by atoms with Crippen LogP contribution < -0.4 is 10.2 Å². The molecule has 0 aliphatic heterocycles. The van der Waals surface area contributed by atoms with Crippen molar-refractivity contribution in [1.29, 1.82) is 0 Å². The SMILES string of the molecule is CCC(NC)c1ccc(N(C)Cc2ccccc2F)cn1. The summed E-state index contributed by atoms with van der Waals surface area (Å²) in [6.45, 7) is 2.65. The minimum atomic E-state index is -0.171. The first-order valence-electron chi connectivity index (χ1n) is 7.23. The molecule has 1 aromatic heterocycles. The van der Waals surface area contributed by atoms with Crippen LogP contribution in [0.4, 0.5) is 10.1 Å². The van der Waals surface area contributed by atoms with Gasteiger partial charge in [-0.25, -0.2) is 4.39 Å². The van der Waals surface area contributed by atoms with Crippen LogP contribution in [0.3, 0.4) is 0 Å². The molecule has 1 aromatic carbocycles. The molecule has 2 rings (SSSR count). The van der Waals surface area contributed by atoms with Gasteiger partial charge in [-0.15, -0.1) is 0 Å². The number of hydrogen-bond acceptors (Lipinski definition) is 3. The molecule has 0 aliphatic rings. The number of nitrogens with zero attached hydrogens (tertiary/aromatic N) is 2. The second-order valence-corrected chi connectivity index (χ2v) is 5.14. The predicted octanol–water partition coefficient (Wildman–Crippen LogP) is 3.53. The summed E-state index contributed by atoms with van der Waals surface area (Å²) in [5.41, 5.74) is 2.70. The molecule has 0 saturated carbocycles. The predicted molar refractivity (Wildman–Crippen MR) is 84.8 cm³/mol. The average molecular weight is 287 g/mol. The average Bonchev–Trinajstić information content (AvgIpc) is 2.51. The van der Waals surface area contributed by atoms with Gasteiger partial charge >= 0.3 is 0 Å². The molecule has 0 radical (unpaired) electrons. The smallest absolute Gasteiger partial charge is 0.128 e. The van der Waals surface area contributed by atoms with Gasteiger partial charge < -0.3 is 10.2 Å². The number of anilines is 1. The Morgan fingerprint density at radius 2 is 2.00 bits per heavy atom. The molecule has 21 heavy (non-hydrogen) atoms. The van der Waals surface area contributed by atoms with Crippen LogP contribution in [-0.2, 0) is 6.54 Å². The van der Waals surface area contributed by atoms with Crippen molar-refractivity contribution < 1.29 is 4.39 Å². The standard InChI is InChI=1S/C17H22FN3/c1-4-16(19-2)17-10-9-14(11-20-17)21(3)12-13-7-5-6-8-15(13)18/h5-11,16,19H,4,12H2,1-3H3. The Morgan fingerprint density at radius 1 is 1.24 bits per heavy atom. The molecule has 3 nitrogen and oxygen atoms in total. The van der Waals surface area contributed by atoms with Gasteiger partial charge in [0, 0.05) is 25.2 Å². The number of aromatic nitrogens is 1. The fourth-order valence-corrected chi connectivity index (χ4v) is 2.36. The zero-order valence-corrected chi connectivity index (χ0v) is 12.8. The molecule has 1 unspecified atom stereocenters. The maximum atomic E-state index is 13.7. The van der Waals surface area contributed by atoms with E-state index in [4.69, 9.17) is 0 Å². The van der Waals surface area contributed by atoms with Gasteiger partial charge in [-0.05, 0) is 31.7 Å². The zero-order valence-electron chi connectivity index (χ0n) is 12.8. The van der Waals surface area contributed by atoms with E-state index in [1.165, 1.54) is 6.07 Å². The Hall–Kier alpha value is -1.94. The highest BCUT2D eigenvalue weighted by molar-refractivity contribution is 5.44. The van der Waals surface area contributed by atoms with Crippen LogP contribution in [0.25, 0.3) is 0 Å². The molecule has 112 valence electrons. The normalized spacial score (nSPS) is 12.2. The summed E-state index contributed by atoms with van der Waals surface area (Å²) >= 11 is 0. The Kier molecular flexibility index (Phi) is 5.28. The third kappa shape index (κ3) is 3.79. The molecule has 1 N–H and O–H groups in total. The van der Waals surface area contributed by atoms with Gasteiger partial charge in [-0.2, -0.15) is 0 Å². The van der Waals surface area contributed by atoms with Gasteiger partial charge in [-0.3, -0.25) is 4.98 Å². The number of hydrogen-bond donors (Lipinski definition) is 1. The summed E-state index contributed by atoms with van der Waals surface area (Å²) < 4.78 is 13.7. The van der Waals surface area contributed by atoms with Crippen LogP contribution in [-0.4, -0.2) is 19.1 Å². The number of pyridine rings is 1. The van der Waals surface area contributed by atoms with Gasteiger partial charge in [0.05, 0.1) is 17.6 Å². The van der Waals surface area contributed by atoms with Crippen LogP contribution in [0.5, 0.6) is 0 Å². The lowest BCUT2D eigenvalue weighted by Gasteiger charge is -2.20. The van der Waals surface area contributed by atoms with Crippen molar-refractivity contribution in [3.05, 3.63) is 59.7 Å². The van der Waals surface area contributed by atoms with Crippen molar-refractivity contribution in [2.75, 3.05) is 19.0 Å². The van der Waals surface area contributed by atoms with Gasteiger partial charge in [0.2, 0.25) is 0 Å². The molecule has 1 heterocycles. The van der Waals surface area contributed by atoms with E-state index in [0.717, 1.165) is 17.8 Å². The highest BCUT2D eigenvalue weighted by atomic mass is 19.1. The molecule has 0 amide bonds.